The number of nitrogens with zero attached hydrogens (tertiary/aromatic N) is 1. The molecule has 0 bridgehead atoms. The highest BCUT2D eigenvalue weighted by Crippen LogP contribution is 2.27. The topological polar surface area (TPSA) is 59.1 Å². The van der Waals surface area contributed by atoms with Crippen molar-refractivity contribution in [3.8, 4) is 0 Å². The standard InChI is InChI=1S/C13H13BrN2O/c1-8-5-11(13(15)16-7-8)12(17)9-3-2-4-10(14)6-9/h2-7,12,17H,1H3,(H2,15,16). The number of anilines is 1. The van der Waals surface area contributed by atoms with E-state index in [9.17, 15) is 5.11 Å². The first-order valence-corrected chi connectivity index (χ1v) is 6.03. The third-order valence-corrected chi connectivity index (χ3v) is 3.04. The fourth-order valence-electron chi connectivity index (χ4n) is 1.68. The van der Waals surface area contributed by atoms with Crippen LogP contribution >= 0.6 is 15.9 Å². The molecular formula is C13H13BrN2O. The van der Waals surface area contributed by atoms with Gasteiger partial charge >= 0.3 is 0 Å². The van der Waals surface area contributed by atoms with Crippen LogP contribution in [0.5, 0.6) is 0 Å². The van der Waals surface area contributed by atoms with Gasteiger partial charge in [-0.05, 0) is 36.2 Å². The number of aryl methyl sites for hydroxylation is 1. The number of aromatic nitrogens is 1. The molecule has 0 spiro atoms. The van der Waals surface area contributed by atoms with Crippen molar-refractivity contribution in [3.05, 3.63) is 57.7 Å². The first kappa shape index (κ1) is 12.1. The zero-order valence-corrected chi connectivity index (χ0v) is 11.0. The van der Waals surface area contributed by atoms with Crippen LogP contribution in [0.25, 0.3) is 0 Å². The van der Waals surface area contributed by atoms with Crippen LogP contribution in [0.15, 0.2) is 41.0 Å². The van der Waals surface area contributed by atoms with Gasteiger partial charge in [0.1, 0.15) is 11.9 Å². The Hall–Kier alpha value is -1.39. The molecule has 3 N–H and O–H groups in total. The minimum absolute atomic E-state index is 0.364. The number of aliphatic hydroxyl groups excluding tert-OH is 1. The third-order valence-electron chi connectivity index (χ3n) is 2.55. The van der Waals surface area contributed by atoms with Crippen molar-refractivity contribution in [2.75, 3.05) is 5.73 Å². The van der Waals surface area contributed by atoms with Gasteiger partial charge in [0, 0.05) is 16.2 Å². The molecule has 0 aliphatic carbocycles. The minimum atomic E-state index is -0.750. The first-order chi connectivity index (χ1) is 8.08. The largest absolute Gasteiger partial charge is 0.384 e. The second kappa shape index (κ2) is 4.85. The van der Waals surface area contributed by atoms with Crippen LogP contribution in [0.4, 0.5) is 5.82 Å². The highest BCUT2D eigenvalue weighted by Gasteiger charge is 2.14. The number of pyridine rings is 1. The molecule has 0 saturated heterocycles. The van der Waals surface area contributed by atoms with Gasteiger partial charge in [0.25, 0.3) is 0 Å². The number of hydrogen-bond donors (Lipinski definition) is 2. The maximum atomic E-state index is 10.3. The number of rotatable bonds is 2. The average Bonchev–Trinajstić information content (AvgIpc) is 2.31. The van der Waals surface area contributed by atoms with Gasteiger partial charge in [-0.1, -0.05) is 28.1 Å². The second-order valence-electron chi connectivity index (χ2n) is 3.94. The Bertz CT molecular complexity index is 543. The Kier molecular flexibility index (Phi) is 3.45. The minimum Gasteiger partial charge on any atom is -0.384 e. The molecule has 1 unspecified atom stereocenters. The smallest absolute Gasteiger partial charge is 0.129 e. The molecule has 2 aromatic rings. The van der Waals surface area contributed by atoms with Crippen LogP contribution in [-0.2, 0) is 0 Å². The Morgan fingerprint density at radius 2 is 2.12 bits per heavy atom. The van der Waals surface area contributed by atoms with Crippen molar-refractivity contribution in [1.82, 2.24) is 4.98 Å². The summed E-state index contributed by atoms with van der Waals surface area (Å²) < 4.78 is 0.924. The first-order valence-electron chi connectivity index (χ1n) is 5.23. The maximum Gasteiger partial charge on any atom is 0.129 e. The van der Waals surface area contributed by atoms with E-state index >= 15 is 0 Å². The average molecular weight is 293 g/mol. The van der Waals surface area contributed by atoms with E-state index in [2.05, 4.69) is 20.9 Å². The van der Waals surface area contributed by atoms with Crippen LogP contribution in [0.2, 0.25) is 0 Å². The fraction of sp³-hybridized carbons (Fsp3) is 0.154. The molecule has 1 aromatic heterocycles. The molecule has 0 aliphatic heterocycles. The number of hydrogen-bond acceptors (Lipinski definition) is 3. The van der Waals surface area contributed by atoms with Gasteiger partial charge in [-0.2, -0.15) is 0 Å². The molecule has 4 heteroatoms. The Morgan fingerprint density at radius 3 is 2.82 bits per heavy atom. The van der Waals surface area contributed by atoms with Crippen molar-refractivity contribution in [2.45, 2.75) is 13.0 Å². The highest BCUT2D eigenvalue weighted by atomic mass is 79.9. The van der Waals surface area contributed by atoms with Gasteiger partial charge in [0.15, 0.2) is 0 Å². The van der Waals surface area contributed by atoms with Crippen LogP contribution in [0.3, 0.4) is 0 Å². The summed E-state index contributed by atoms with van der Waals surface area (Å²) in [5.74, 6) is 0.364. The predicted molar refractivity (Wildman–Crippen MR) is 71.6 cm³/mol. The van der Waals surface area contributed by atoms with Crippen molar-refractivity contribution in [2.24, 2.45) is 0 Å². The molecule has 1 aromatic carbocycles. The van der Waals surface area contributed by atoms with Crippen LogP contribution in [0.1, 0.15) is 22.8 Å². The van der Waals surface area contributed by atoms with Crippen molar-refractivity contribution < 1.29 is 5.11 Å². The van der Waals surface area contributed by atoms with E-state index in [1.165, 1.54) is 0 Å². The number of aliphatic hydroxyl groups is 1. The van der Waals surface area contributed by atoms with Crippen molar-refractivity contribution in [1.29, 1.82) is 0 Å². The molecule has 88 valence electrons. The van der Waals surface area contributed by atoms with E-state index in [0.29, 0.717) is 11.4 Å². The summed E-state index contributed by atoms with van der Waals surface area (Å²) in [6.07, 6.45) is 0.937. The Balaban J connectivity index is 2.43. The molecular weight excluding hydrogens is 280 g/mol. The lowest BCUT2D eigenvalue weighted by atomic mass is 10.0. The van der Waals surface area contributed by atoms with E-state index in [4.69, 9.17) is 5.73 Å². The molecule has 1 atom stereocenters. The fourth-order valence-corrected chi connectivity index (χ4v) is 2.09. The van der Waals surface area contributed by atoms with Gasteiger partial charge < -0.3 is 10.8 Å². The summed E-state index contributed by atoms with van der Waals surface area (Å²) in [4.78, 5) is 4.05. The van der Waals surface area contributed by atoms with E-state index < -0.39 is 6.10 Å². The van der Waals surface area contributed by atoms with Gasteiger partial charge in [0.05, 0.1) is 0 Å². The lowest BCUT2D eigenvalue weighted by Crippen LogP contribution is -2.06. The second-order valence-corrected chi connectivity index (χ2v) is 4.86. The summed E-state index contributed by atoms with van der Waals surface area (Å²) in [6.45, 7) is 1.92. The molecule has 0 amide bonds. The van der Waals surface area contributed by atoms with E-state index in [1.54, 1.807) is 6.20 Å². The highest BCUT2D eigenvalue weighted by molar-refractivity contribution is 9.10. The van der Waals surface area contributed by atoms with E-state index in [0.717, 1.165) is 15.6 Å². The molecule has 0 aliphatic rings. The summed E-state index contributed by atoms with van der Waals surface area (Å²) in [6, 6.07) is 9.37. The lowest BCUT2D eigenvalue weighted by molar-refractivity contribution is 0.220. The van der Waals surface area contributed by atoms with E-state index in [-0.39, 0.29) is 0 Å². The lowest BCUT2D eigenvalue weighted by Gasteiger charge is -2.14. The molecule has 17 heavy (non-hydrogen) atoms. The SMILES string of the molecule is Cc1cnc(N)c(C(O)c2cccc(Br)c2)c1. The quantitative estimate of drug-likeness (QED) is 0.895. The zero-order chi connectivity index (χ0) is 12.4. The van der Waals surface area contributed by atoms with E-state index in [1.807, 2.05) is 37.3 Å². The van der Waals surface area contributed by atoms with Gasteiger partial charge in [-0.25, -0.2) is 4.98 Å². The predicted octanol–water partition coefficient (Wildman–Crippen LogP) is 2.82. The molecule has 0 saturated carbocycles. The van der Waals surface area contributed by atoms with Crippen molar-refractivity contribution >= 4 is 21.7 Å². The number of nitrogens with two attached hydrogens (primary N) is 1. The number of nitrogen functional groups attached to an aromatic ring is 1. The third kappa shape index (κ3) is 2.65. The van der Waals surface area contributed by atoms with Gasteiger partial charge in [-0.15, -0.1) is 0 Å². The maximum absolute atomic E-state index is 10.3. The summed E-state index contributed by atoms with van der Waals surface area (Å²) in [5, 5.41) is 10.3. The summed E-state index contributed by atoms with van der Waals surface area (Å²) in [5.41, 5.74) is 8.19. The van der Waals surface area contributed by atoms with Crippen LogP contribution in [-0.4, -0.2) is 10.1 Å². The summed E-state index contributed by atoms with van der Waals surface area (Å²) in [7, 11) is 0. The molecule has 0 radical (unpaired) electrons. The Labute approximate surface area is 108 Å². The van der Waals surface area contributed by atoms with Crippen LogP contribution < -0.4 is 5.73 Å². The number of halogens is 1. The normalized spacial score (nSPS) is 12.4. The van der Waals surface area contributed by atoms with Gasteiger partial charge in [-0.3, -0.25) is 0 Å². The molecule has 3 nitrogen and oxygen atoms in total. The zero-order valence-electron chi connectivity index (χ0n) is 9.39. The van der Waals surface area contributed by atoms with Gasteiger partial charge in [0.2, 0.25) is 0 Å². The monoisotopic (exact) mass is 292 g/mol. The number of benzene rings is 1. The molecule has 2 rings (SSSR count). The molecule has 0 fully saturated rings. The van der Waals surface area contributed by atoms with Crippen LogP contribution in [0, 0.1) is 6.92 Å². The molecule has 1 heterocycles. The summed E-state index contributed by atoms with van der Waals surface area (Å²) >= 11 is 3.38. The Morgan fingerprint density at radius 1 is 1.35 bits per heavy atom. The van der Waals surface area contributed by atoms with Crippen molar-refractivity contribution in [3.63, 3.8) is 0 Å².